The van der Waals surface area contributed by atoms with Crippen molar-refractivity contribution < 1.29 is 4.74 Å². The van der Waals surface area contributed by atoms with Crippen LogP contribution in [-0.2, 0) is 11.3 Å². The van der Waals surface area contributed by atoms with Crippen LogP contribution >= 0.6 is 11.8 Å². The van der Waals surface area contributed by atoms with Crippen molar-refractivity contribution in [3.63, 3.8) is 0 Å². The SMILES string of the molecule is Nc1cccnc1SCOCc1ccccc1. The second-order valence-electron chi connectivity index (χ2n) is 3.49. The summed E-state index contributed by atoms with van der Waals surface area (Å²) in [7, 11) is 0. The maximum absolute atomic E-state index is 5.78. The Hall–Kier alpha value is -1.52. The number of hydrogen-bond donors (Lipinski definition) is 1. The van der Waals surface area contributed by atoms with Crippen molar-refractivity contribution in [2.24, 2.45) is 0 Å². The van der Waals surface area contributed by atoms with Gasteiger partial charge in [-0.2, -0.15) is 0 Å². The number of nitrogens with zero attached hydrogens (tertiary/aromatic N) is 1. The number of rotatable bonds is 5. The molecule has 0 unspecified atom stereocenters. The molecule has 2 aromatic rings. The summed E-state index contributed by atoms with van der Waals surface area (Å²) in [6.45, 7) is 0.612. The minimum atomic E-state index is 0.552. The smallest absolute Gasteiger partial charge is 0.121 e. The lowest BCUT2D eigenvalue weighted by Gasteiger charge is -2.05. The molecule has 0 saturated heterocycles. The van der Waals surface area contributed by atoms with Gasteiger partial charge < -0.3 is 10.5 Å². The number of aromatic nitrogens is 1. The highest BCUT2D eigenvalue weighted by molar-refractivity contribution is 7.99. The van der Waals surface area contributed by atoms with Crippen LogP contribution < -0.4 is 5.73 Å². The maximum Gasteiger partial charge on any atom is 0.121 e. The molecule has 3 nitrogen and oxygen atoms in total. The molecule has 88 valence electrons. The molecule has 0 aliphatic heterocycles. The number of nitrogen functional groups attached to an aromatic ring is 1. The molecule has 0 saturated carbocycles. The third kappa shape index (κ3) is 3.76. The number of thioether (sulfide) groups is 1. The van der Waals surface area contributed by atoms with Gasteiger partial charge in [0.25, 0.3) is 0 Å². The lowest BCUT2D eigenvalue weighted by Crippen LogP contribution is -1.95. The average molecular weight is 246 g/mol. The zero-order valence-corrected chi connectivity index (χ0v) is 10.2. The Bertz CT molecular complexity index is 462. The molecule has 0 amide bonds. The Morgan fingerprint density at radius 2 is 1.94 bits per heavy atom. The number of nitrogens with two attached hydrogens (primary N) is 1. The van der Waals surface area contributed by atoms with E-state index in [0.29, 0.717) is 18.2 Å². The summed E-state index contributed by atoms with van der Waals surface area (Å²) >= 11 is 1.51. The van der Waals surface area contributed by atoms with Crippen molar-refractivity contribution in [2.75, 3.05) is 11.7 Å². The molecule has 0 radical (unpaired) electrons. The van der Waals surface area contributed by atoms with E-state index in [0.717, 1.165) is 5.03 Å². The molecule has 0 aliphatic carbocycles. The van der Waals surface area contributed by atoms with Crippen LogP contribution in [0.15, 0.2) is 53.7 Å². The second-order valence-corrected chi connectivity index (χ2v) is 4.41. The summed E-state index contributed by atoms with van der Waals surface area (Å²) in [5.41, 5.74) is 7.64. The molecule has 0 spiro atoms. The molecule has 4 heteroatoms. The Morgan fingerprint density at radius 1 is 1.12 bits per heavy atom. The van der Waals surface area contributed by atoms with Gasteiger partial charge in [-0.25, -0.2) is 4.98 Å². The summed E-state index contributed by atoms with van der Waals surface area (Å²) < 4.78 is 5.55. The Balaban J connectivity index is 1.76. The fraction of sp³-hybridized carbons (Fsp3) is 0.154. The van der Waals surface area contributed by atoms with E-state index in [1.807, 2.05) is 42.5 Å². The summed E-state index contributed by atoms with van der Waals surface area (Å²) in [4.78, 5) is 4.18. The largest absolute Gasteiger partial charge is 0.397 e. The van der Waals surface area contributed by atoms with Crippen LogP contribution in [0, 0.1) is 0 Å². The van der Waals surface area contributed by atoms with E-state index in [1.165, 1.54) is 17.3 Å². The van der Waals surface area contributed by atoms with Crippen molar-refractivity contribution in [3.8, 4) is 0 Å². The fourth-order valence-corrected chi connectivity index (χ4v) is 2.00. The molecular formula is C13H14N2OS. The van der Waals surface area contributed by atoms with Crippen molar-refractivity contribution in [1.29, 1.82) is 0 Å². The Labute approximate surface area is 105 Å². The van der Waals surface area contributed by atoms with E-state index < -0.39 is 0 Å². The lowest BCUT2D eigenvalue weighted by molar-refractivity contribution is 0.169. The van der Waals surface area contributed by atoms with Gasteiger partial charge in [-0.3, -0.25) is 0 Å². The predicted octanol–water partition coefficient (Wildman–Crippen LogP) is 2.93. The van der Waals surface area contributed by atoms with Crippen LogP contribution in [-0.4, -0.2) is 10.9 Å². The molecular weight excluding hydrogens is 232 g/mol. The van der Waals surface area contributed by atoms with Crippen LogP contribution in [0.4, 0.5) is 5.69 Å². The van der Waals surface area contributed by atoms with Gasteiger partial charge >= 0.3 is 0 Å². The van der Waals surface area contributed by atoms with Gasteiger partial charge in [-0.1, -0.05) is 42.1 Å². The molecule has 2 rings (SSSR count). The molecule has 0 bridgehead atoms. The number of anilines is 1. The number of hydrogen-bond acceptors (Lipinski definition) is 4. The van der Waals surface area contributed by atoms with E-state index in [2.05, 4.69) is 4.98 Å². The summed E-state index contributed by atoms with van der Waals surface area (Å²) in [5, 5.41) is 0.820. The van der Waals surface area contributed by atoms with Crippen molar-refractivity contribution >= 4 is 17.4 Å². The van der Waals surface area contributed by atoms with Gasteiger partial charge in [-0.05, 0) is 17.7 Å². The van der Waals surface area contributed by atoms with Crippen molar-refractivity contribution in [3.05, 3.63) is 54.2 Å². The zero-order chi connectivity index (χ0) is 11.9. The molecule has 2 N–H and O–H groups in total. The number of pyridine rings is 1. The molecule has 0 aliphatic rings. The van der Waals surface area contributed by atoms with Crippen LogP contribution in [0.5, 0.6) is 0 Å². The van der Waals surface area contributed by atoms with Crippen LogP contribution in [0.1, 0.15) is 5.56 Å². The fourth-order valence-electron chi connectivity index (χ4n) is 1.36. The van der Waals surface area contributed by atoms with Crippen molar-refractivity contribution in [1.82, 2.24) is 4.98 Å². The standard InChI is InChI=1S/C13H14N2OS/c14-12-7-4-8-15-13(12)17-10-16-9-11-5-2-1-3-6-11/h1-8H,9-10,14H2. The minimum absolute atomic E-state index is 0.552. The highest BCUT2D eigenvalue weighted by Crippen LogP contribution is 2.21. The first-order valence-corrected chi connectivity index (χ1v) is 6.30. The first-order chi connectivity index (χ1) is 8.36. The maximum atomic E-state index is 5.78. The summed E-state index contributed by atoms with van der Waals surface area (Å²) in [6.07, 6.45) is 1.73. The molecule has 1 heterocycles. The van der Waals surface area contributed by atoms with Gasteiger partial charge in [0.15, 0.2) is 0 Å². The topological polar surface area (TPSA) is 48.1 Å². The second kappa shape index (κ2) is 6.27. The van der Waals surface area contributed by atoms with E-state index in [9.17, 15) is 0 Å². The predicted molar refractivity (Wildman–Crippen MR) is 70.6 cm³/mol. The first kappa shape index (κ1) is 12.0. The Morgan fingerprint density at radius 3 is 2.71 bits per heavy atom. The van der Waals surface area contributed by atoms with E-state index >= 15 is 0 Å². The average Bonchev–Trinajstić information content (AvgIpc) is 2.38. The third-order valence-corrected chi connectivity index (χ3v) is 3.09. The quantitative estimate of drug-likeness (QED) is 0.500. The third-order valence-electron chi connectivity index (χ3n) is 2.19. The number of ether oxygens (including phenoxy) is 1. The Kier molecular flexibility index (Phi) is 4.41. The van der Waals surface area contributed by atoms with Crippen LogP contribution in [0.2, 0.25) is 0 Å². The molecule has 0 atom stereocenters. The summed E-state index contributed by atoms with van der Waals surface area (Å²) in [6, 6.07) is 13.7. The van der Waals surface area contributed by atoms with Crippen LogP contribution in [0.25, 0.3) is 0 Å². The number of benzene rings is 1. The van der Waals surface area contributed by atoms with Gasteiger partial charge in [0, 0.05) is 6.20 Å². The van der Waals surface area contributed by atoms with Crippen molar-refractivity contribution in [2.45, 2.75) is 11.6 Å². The van der Waals surface area contributed by atoms with E-state index in [4.69, 9.17) is 10.5 Å². The lowest BCUT2D eigenvalue weighted by atomic mass is 10.2. The normalized spacial score (nSPS) is 10.4. The first-order valence-electron chi connectivity index (χ1n) is 5.31. The van der Waals surface area contributed by atoms with Crippen LogP contribution in [0.3, 0.4) is 0 Å². The van der Waals surface area contributed by atoms with E-state index in [1.54, 1.807) is 6.20 Å². The highest BCUT2D eigenvalue weighted by Gasteiger charge is 2.00. The molecule has 1 aromatic carbocycles. The van der Waals surface area contributed by atoms with Gasteiger partial charge in [-0.15, -0.1) is 0 Å². The van der Waals surface area contributed by atoms with Gasteiger partial charge in [0.2, 0.25) is 0 Å². The van der Waals surface area contributed by atoms with Gasteiger partial charge in [0.1, 0.15) is 5.03 Å². The molecule has 17 heavy (non-hydrogen) atoms. The zero-order valence-electron chi connectivity index (χ0n) is 9.37. The molecule has 0 fully saturated rings. The molecule has 1 aromatic heterocycles. The summed E-state index contributed by atoms with van der Waals surface area (Å²) in [5.74, 6) is 0.552. The van der Waals surface area contributed by atoms with E-state index in [-0.39, 0.29) is 0 Å². The highest BCUT2D eigenvalue weighted by atomic mass is 32.2. The van der Waals surface area contributed by atoms with Gasteiger partial charge in [0.05, 0.1) is 18.2 Å². The minimum Gasteiger partial charge on any atom is -0.397 e. The monoisotopic (exact) mass is 246 g/mol.